The maximum Gasteiger partial charge on any atom is 0.0935 e. The summed E-state index contributed by atoms with van der Waals surface area (Å²) in [6.07, 6.45) is 1.84. The maximum atomic E-state index is 8.49. The summed E-state index contributed by atoms with van der Waals surface area (Å²) in [7, 11) is 0. The number of hydrogen-bond donors (Lipinski definition) is 1. The highest BCUT2D eigenvalue weighted by Crippen LogP contribution is 2.33. The van der Waals surface area contributed by atoms with Crippen LogP contribution in [0.5, 0.6) is 0 Å². The van der Waals surface area contributed by atoms with Crippen molar-refractivity contribution in [1.29, 1.82) is 0 Å². The van der Waals surface area contributed by atoms with Crippen molar-refractivity contribution in [3.05, 3.63) is 0 Å². The SMILES string of the molecule is CCC1(CCO)CO1. The second kappa shape index (κ2) is 2.03. The van der Waals surface area contributed by atoms with Crippen molar-refractivity contribution < 1.29 is 9.84 Å². The molecule has 0 spiro atoms. The molecule has 0 bridgehead atoms. The topological polar surface area (TPSA) is 32.8 Å². The Morgan fingerprint density at radius 3 is 2.50 bits per heavy atom. The molecule has 2 heteroatoms. The highest BCUT2D eigenvalue weighted by molar-refractivity contribution is 4.89. The Hall–Kier alpha value is -0.0800. The van der Waals surface area contributed by atoms with E-state index in [0.29, 0.717) is 0 Å². The third-order valence-corrected chi connectivity index (χ3v) is 1.76. The molecule has 1 heterocycles. The zero-order valence-electron chi connectivity index (χ0n) is 5.18. The summed E-state index contributed by atoms with van der Waals surface area (Å²) in [5, 5.41) is 8.49. The number of epoxide rings is 1. The van der Waals surface area contributed by atoms with E-state index in [1.54, 1.807) is 0 Å². The quantitative estimate of drug-likeness (QED) is 0.546. The lowest BCUT2D eigenvalue weighted by Gasteiger charge is -2.03. The lowest BCUT2D eigenvalue weighted by molar-refractivity contribution is 0.210. The fourth-order valence-corrected chi connectivity index (χ4v) is 0.831. The maximum absolute atomic E-state index is 8.49. The highest BCUT2D eigenvalue weighted by Gasteiger charge is 2.41. The normalized spacial score (nSPS) is 35.2. The fourth-order valence-electron chi connectivity index (χ4n) is 0.831. The van der Waals surface area contributed by atoms with Crippen LogP contribution in [0, 0.1) is 0 Å². The van der Waals surface area contributed by atoms with Gasteiger partial charge in [0, 0.05) is 13.0 Å². The Labute approximate surface area is 49.5 Å². The number of hydrogen-bond acceptors (Lipinski definition) is 2. The first-order valence-electron chi connectivity index (χ1n) is 3.08. The van der Waals surface area contributed by atoms with E-state index in [9.17, 15) is 0 Å². The van der Waals surface area contributed by atoms with Gasteiger partial charge in [0.25, 0.3) is 0 Å². The van der Waals surface area contributed by atoms with Crippen LogP contribution in [0.2, 0.25) is 0 Å². The zero-order chi connectivity index (χ0) is 6.04. The molecule has 1 atom stereocenters. The third kappa shape index (κ3) is 1.01. The molecule has 48 valence electrons. The first-order chi connectivity index (χ1) is 3.83. The summed E-state index contributed by atoms with van der Waals surface area (Å²) >= 11 is 0. The number of rotatable bonds is 3. The van der Waals surface area contributed by atoms with Gasteiger partial charge in [-0.2, -0.15) is 0 Å². The molecule has 1 fully saturated rings. The van der Waals surface area contributed by atoms with Gasteiger partial charge < -0.3 is 9.84 Å². The van der Waals surface area contributed by atoms with Gasteiger partial charge in [-0.05, 0) is 6.42 Å². The minimum atomic E-state index is 0.0920. The van der Waals surface area contributed by atoms with E-state index < -0.39 is 0 Å². The highest BCUT2D eigenvalue weighted by atomic mass is 16.6. The van der Waals surface area contributed by atoms with E-state index >= 15 is 0 Å². The monoisotopic (exact) mass is 116 g/mol. The largest absolute Gasteiger partial charge is 0.396 e. The lowest BCUT2D eigenvalue weighted by atomic mass is 10.1. The molecule has 0 aromatic heterocycles. The van der Waals surface area contributed by atoms with Gasteiger partial charge in [0.15, 0.2) is 0 Å². The molecule has 1 N–H and O–H groups in total. The molecule has 1 unspecified atom stereocenters. The molecule has 0 amide bonds. The fraction of sp³-hybridized carbons (Fsp3) is 1.00. The molecule has 2 nitrogen and oxygen atoms in total. The van der Waals surface area contributed by atoms with Crippen molar-refractivity contribution in [3.8, 4) is 0 Å². The van der Waals surface area contributed by atoms with E-state index in [2.05, 4.69) is 6.92 Å². The van der Waals surface area contributed by atoms with Crippen LogP contribution in [0.15, 0.2) is 0 Å². The molecule has 0 aromatic carbocycles. The van der Waals surface area contributed by atoms with Crippen LogP contribution in [0.25, 0.3) is 0 Å². The van der Waals surface area contributed by atoms with E-state index in [4.69, 9.17) is 9.84 Å². The molecular formula is C6H12O2. The van der Waals surface area contributed by atoms with E-state index in [1.807, 2.05) is 0 Å². The van der Waals surface area contributed by atoms with Crippen molar-refractivity contribution in [3.63, 3.8) is 0 Å². The van der Waals surface area contributed by atoms with Crippen molar-refractivity contribution in [2.45, 2.75) is 25.4 Å². The van der Waals surface area contributed by atoms with Gasteiger partial charge in [0.1, 0.15) is 0 Å². The van der Waals surface area contributed by atoms with E-state index in [0.717, 1.165) is 19.4 Å². The molecule has 1 rings (SSSR count). The minimum absolute atomic E-state index is 0.0920. The predicted octanol–water partition coefficient (Wildman–Crippen LogP) is 0.548. The Kier molecular flexibility index (Phi) is 1.54. The average molecular weight is 116 g/mol. The first-order valence-corrected chi connectivity index (χ1v) is 3.08. The standard InChI is InChI=1S/C6H12O2/c1-2-6(3-4-7)5-8-6/h7H,2-5H2,1H3. The van der Waals surface area contributed by atoms with Crippen LogP contribution in [0.3, 0.4) is 0 Å². The van der Waals surface area contributed by atoms with Crippen LogP contribution >= 0.6 is 0 Å². The second-order valence-electron chi connectivity index (χ2n) is 2.30. The molecule has 8 heavy (non-hydrogen) atoms. The predicted molar refractivity (Wildman–Crippen MR) is 30.7 cm³/mol. The van der Waals surface area contributed by atoms with Gasteiger partial charge in [-0.1, -0.05) is 6.92 Å². The van der Waals surface area contributed by atoms with Crippen LogP contribution in [0.1, 0.15) is 19.8 Å². The van der Waals surface area contributed by atoms with Crippen molar-refractivity contribution in [1.82, 2.24) is 0 Å². The summed E-state index contributed by atoms with van der Waals surface area (Å²) < 4.78 is 5.13. The Balaban J connectivity index is 2.20. The Morgan fingerprint density at radius 1 is 1.75 bits per heavy atom. The Morgan fingerprint density at radius 2 is 2.38 bits per heavy atom. The summed E-state index contributed by atoms with van der Waals surface area (Å²) in [5.41, 5.74) is 0.0920. The smallest absolute Gasteiger partial charge is 0.0935 e. The second-order valence-corrected chi connectivity index (χ2v) is 2.30. The van der Waals surface area contributed by atoms with Crippen molar-refractivity contribution in [2.24, 2.45) is 0 Å². The van der Waals surface area contributed by atoms with Gasteiger partial charge in [-0.15, -0.1) is 0 Å². The van der Waals surface area contributed by atoms with Gasteiger partial charge >= 0.3 is 0 Å². The minimum Gasteiger partial charge on any atom is -0.396 e. The zero-order valence-corrected chi connectivity index (χ0v) is 5.18. The number of ether oxygens (including phenoxy) is 1. The van der Waals surface area contributed by atoms with E-state index in [-0.39, 0.29) is 12.2 Å². The molecule has 0 aromatic rings. The Bertz CT molecular complexity index is 76.6. The van der Waals surface area contributed by atoms with Crippen molar-refractivity contribution >= 4 is 0 Å². The molecule has 0 saturated carbocycles. The molecule has 1 aliphatic heterocycles. The van der Waals surface area contributed by atoms with Crippen LogP contribution < -0.4 is 0 Å². The molecular weight excluding hydrogens is 104 g/mol. The van der Waals surface area contributed by atoms with Crippen LogP contribution in [-0.4, -0.2) is 23.9 Å². The lowest BCUT2D eigenvalue weighted by Crippen LogP contribution is -2.10. The van der Waals surface area contributed by atoms with E-state index in [1.165, 1.54) is 0 Å². The molecule has 0 radical (unpaired) electrons. The summed E-state index contributed by atoms with van der Waals surface area (Å²) in [4.78, 5) is 0. The number of aliphatic hydroxyl groups is 1. The van der Waals surface area contributed by atoms with Crippen LogP contribution in [-0.2, 0) is 4.74 Å². The summed E-state index contributed by atoms with van der Waals surface area (Å²) in [6.45, 7) is 3.20. The van der Waals surface area contributed by atoms with Gasteiger partial charge in [0.05, 0.1) is 12.2 Å². The van der Waals surface area contributed by atoms with Crippen molar-refractivity contribution in [2.75, 3.05) is 13.2 Å². The molecule has 0 aliphatic carbocycles. The number of aliphatic hydroxyl groups excluding tert-OH is 1. The van der Waals surface area contributed by atoms with Gasteiger partial charge in [0.2, 0.25) is 0 Å². The first kappa shape index (κ1) is 6.05. The third-order valence-electron chi connectivity index (χ3n) is 1.76. The van der Waals surface area contributed by atoms with Gasteiger partial charge in [-0.3, -0.25) is 0 Å². The average Bonchev–Trinajstić information content (AvgIpc) is 2.50. The molecule has 1 aliphatic rings. The summed E-state index contributed by atoms with van der Waals surface area (Å²) in [6, 6.07) is 0. The molecule has 1 saturated heterocycles. The van der Waals surface area contributed by atoms with Crippen LogP contribution in [0.4, 0.5) is 0 Å². The van der Waals surface area contributed by atoms with Gasteiger partial charge in [-0.25, -0.2) is 0 Å². The summed E-state index contributed by atoms with van der Waals surface area (Å²) in [5.74, 6) is 0.